The molecule has 4 heteroatoms. The minimum absolute atomic E-state index is 0.0181. The molecule has 0 saturated carbocycles. The molecule has 0 spiro atoms. The second-order valence-corrected chi connectivity index (χ2v) is 5.51. The Labute approximate surface area is 107 Å². The van der Waals surface area contributed by atoms with E-state index in [-0.39, 0.29) is 18.7 Å². The highest BCUT2D eigenvalue weighted by molar-refractivity contribution is 4.86. The molecular weight excluding hydrogens is 214 g/mol. The van der Waals surface area contributed by atoms with Gasteiger partial charge in [0.05, 0.1) is 6.61 Å². The molecular formula is C13H31N3O. The predicted molar refractivity (Wildman–Crippen MR) is 74.1 cm³/mol. The quantitative estimate of drug-likeness (QED) is 0.658. The number of nitrogens with two attached hydrogens (primary N) is 1. The number of aliphatic hydroxyl groups excluding tert-OH is 1. The van der Waals surface area contributed by atoms with Crippen molar-refractivity contribution in [3.05, 3.63) is 0 Å². The van der Waals surface area contributed by atoms with Crippen molar-refractivity contribution in [1.82, 2.24) is 9.80 Å². The summed E-state index contributed by atoms with van der Waals surface area (Å²) in [4.78, 5) is 4.48. The highest BCUT2D eigenvalue weighted by Crippen LogP contribution is 2.14. The average molecular weight is 245 g/mol. The molecule has 3 N–H and O–H groups in total. The monoisotopic (exact) mass is 245 g/mol. The van der Waals surface area contributed by atoms with Crippen LogP contribution in [0.1, 0.15) is 27.7 Å². The third kappa shape index (κ3) is 5.34. The Morgan fingerprint density at radius 3 is 2.00 bits per heavy atom. The van der Waals surface area contributed by atoms with Gasteiger partial charge in [-0.2, -0.15) is 0 Å². The minimum atomic E-state index is 0.0181. The molecule has 0 saturated heterocycles. The third-order valence-electron chi connectivity index (χ3n) is 3.39. The number of hydrogen-bond donors (Lipinski definition) is 2. The Morgan fingerprint density at radius 1 is 1.18 bits per heavy atom. The fourth-order valence-corrected chi connectivity index (χ4v) is 2.40. The van der Waals surface area contributed by atoms with Gasteiger partial charge in [-0.25, -0.2) is 0 Å². The maximum Gasteiger partial charge on any atom is 0.0602 e. The van der Waals surface area contributed by atoms with Gasteiger partial charge in [0, 0.05) is 24.7 Å². The molecule has 3 atom stereocenters. The van der Waals surface area contributed by atoms with Gasteiger partial charge >= 0.3 is 0 Å². The number of hydrogen-bond acceptors (Lipinski definition) is 4. The first kappa shape index (κ1) is 16.8. The van der Waals surface area contributed by atoms with Crippen LogP contribution in [-0.4, -0.2) is 66.8 Å². The highest BCUT2D eigenvalue weighted by Gasteiger charge is 2.28. The molecule has 0 rings (SSSR count). The smallest absolute Gasteiger partial charge is 0.0602 e. The number of nitrogens with zero attached hydrogens (tertiary/aromatic N) is 2. The van der Waals surface area contributed by atoms with Crippen molar-refractivity contribution in [2.75, 3.05) is 33.8 Å². The molecule has 4 nitrogen and oxygen atoms in total. The summed E-state index contributed by atoms with van der Waals surface area (Å²) >= 11 is 0. The van der Waals surface area contributed by atoms with Gasteiger partial charge in [0.1, 0.15) is 0 Å². The molecule has 3 unspecified atom stereocenters. The Bertz CT molecular complexity index is 197. The topological polar surface area (TPSA) is 52.7 Å². The molecule has 0 aromatic heterocycles. The van der Waals surface area contributed by atoms with Gasteiger partial charge in [-0.05, 0) is 33.5 Å². The predicted octanol–water partition coefficient (Wildman–Crippen LogP) is 0.603. The summed E-state index contributed by atoms with van der Waals surface area (Å²) in [5.74, 6) is 0.382. The summed E-state index contributed by atoms with van der Waals surface area (Å²) in [6, 6.07) is 0.469. The normalized spacial score (nSPS) is 17.8. The number of likely N-dealkylation sites (N-methyl/N-ethyl adjacent to an activating group) is 2. The van der Waals surface area contributed by atoms with Gasteiger partial charge in [-0.3, -0.25) is 4.90 Å². The van der Waals surface area contributed by atoms with E-state index in [0.29, 0.717) is 12.0 Å². The van der Waals surface area contributed by atoms with E-state index in [1.165, 1.54) is 0 Å². The van der Waals surface area contributed by atoms with Crippen LogP contribution in [0.15, 0.2) is 0 Å². The Hall–Kier alpha value is -0.160. The van der Waals surface area contributed by atoms with Crippen LogP contribution in [0.4, 0.5) is 0 Å². The third-order valence-corrected chi connectivity index (χ3v) is 3.39. The van der Waals surface area contributed by atoms with E-state index in [1.54, 1.807) is 0 Å². The maximum atomic E-state index is 9.59. The number of rotatable bonds is 8. The number of aliphatic hydroxyl groups is 1. The van der Waals surface area contributed by atoms with Crippen LogP contribution in [-0.2, 0) is 0 Å². The van der Waals surface area contributed by atoms with Crippen LogP contribution in [0.5, 0.6) is 0 Å². The Balaban J connectivity index is 4.68. The van der Waals surface area contributed by atoms with Gasteiger partial charge in [-0.1, -0.05) is 20.8 Å². The summed E-state index contributed by atoms with van der Waals surface area (Å²) in [5.41, 5.74) is 6.20. The first-order valence-electron chi connectivity index (χ1n) is 6.62. The Kier molecular flexibility index (Phi) is 7.96. The van der Waals surface area contributed by atoms with Crippen LogP contribution in [0.2, 0.25) is 0 Å². The molecule has 0 bridgehead atoms. The van der Waals surface area contributed by atoms with Gasteiger partial charge in [0.25, 0.3) is 0 Å². The summed E-state index contributed by atoms with van der Waals surface area (Å²) in [7, 11) is 4.14. The van der Waals surface area contributed by atoms with E-state index in [0.717, 1.165) is 13.1 Å². The standard InChI is InChI=1S/C13H31N3O/c1-7-16(11(4)8-15(5)6)12(9-17)13(14)10(2)3/h10-13,17H,7-9,14H2,1-6H3. The van der Waals surface area contributed by atoms with Crippen molar-refractivity contribution < 1.29 is 5.11 Å². The fourth-order valence-electron chi connectivity index (χ4n) is 2.40. The molecule has 0 amide bonds. The van der Waals surface area contributed by atoms with E-state index >= 15 is 0 Å². The van der Waals surface area contributed by atoms with Crippen molar-refractivity contribution >= 4 is 0 Å². The Morgan fingerprint density at radius 2 is 1.71 bits per heavy atom. The average Bonchev–Trinajstić information content (AvgIpc) is 2.23. The van der Waals surface area contributed by atoms with Crippen LogP contribution >= 0.6 is 0 Å². The second-order valence-electron chi connectivity index (χ2n) is 5.51. The molecule has 0 radical (unpaired) electrons. The molecule has 0 aliphatic heterocycles. The van der Waals surface area contributed by atoms with Crippen LogP contribution in [0.3, 0.4) is 0 Å². The molecule has 0 heterocycles. The first-order chi connectivity index (χ1) is 7.84. The molecule has 17 heavy (non-hydrogen) atoms. The lowest BCUT2D eigenvalue weighted by molar-refractivity contribution is 0.0571. The maximum absolute atomic E-state index is 9.59. The summed E-state index contributed by atoms with van der Waals surface area (Å²) < 4.78 is 0. The first-order valence-corrected chi connectivity index (χ1v) is 6.62. The molecule has 0 aliphatic rings. The summed E-state index contributed by atoms with van der Waals surface area (Å²) in [5, 5.41) is 9.59. The zero-order valence-electron chi connectivity index (χ0n) is 12.3. The zero-order valence-corrected chi connectivity index (χ0v) is 12.3. The van der Waals surface area contributed by atoms with E-state index in [9.17, 15) is 5.11 Å². The van der Waals surface area contributed by atoms with Crippen molar-refractivity contribution in [2.45, 2.75) is 45.8 Å². The van der Waals surface area contributed by atoms with Crippen molar-refractivity contribution in [1.29, 1.82) is 0 Å². The largest absolute Gasteiger partial charge is 0.395 e. The van der Waals surface area contributed by atoms with Gasteiger partial charge < -0.3 is 15.7 Å². The van der Waals surface area contributed by atoms with Crippen molar-refractivity contribution in [3.63, 3.8) is 0 Å². The molecule has 0 aromatic rings. The van der Waals surface area contributed by atoms with Crippen molar-refractivity contribution in [2.24, 2.45) is 11.7 Å². The molecule has 104 valence electrons. The lowest BCUT2D eigenvalue weighted by atomic mass is 9.95. The fraction of sp³-hybridized carbons (Fsp3) is 1.00. The highest BCUT2D eigenvalue weighted by atomic mass is 16.3. The second kappa shape index (κ2) is 8.03. The lowest BCUT2D eigenvalue weighted by Gasteiger charge is -2.40. The SMILES string of the molecule is CCN(C(C)CN(C)C)C(CO)C(N)C(C)C. The van der Waals surface area contributed by atoms with Crippen LogP contribution < -0.4 is 5.73 Å². The minimum Gasteiger partial charge on any atom is -0.395 e. The van der Waals surface area contributed by atoms with E-state index in [1.807, 2.05) is 0 Å². The lowest BCUT2D eigenvalue weighted by Crippen LogP contribution is -2.56. The van der Waals surface area contributed by atoms with Crippen LogP contribution in [0, 0.1) is 5.92 Å². The molecule has 0 aliphatic carbocycles. The summed E-state index contributed by atoms with van der Waals surface area (Å²) in [6.45, 7) is 10.6. The van der Waals surface area contributed by atoms with E-state index in [2.05, 4.69) is 51.6 Å². The summed E-state index contributed by atoms with van der Waals surface area (Å²) in [6.07, 6.45) is 0. The van der Waals surface area contributed by atoms with E-state index < -0.39 is 0 Å². The zero-order chi connectivity index (χ0) is 13.6. The van der Waals surface area contributed by atoms with Gasteiger partial charge in [0.15, 0.2) is 0 Å². The molecule has 0 fully saturated rings. The van der Waals surface area contributed by atoms with Gasteiger partial charge in [0.2, 0.25) is 0 Å². The van der Waals surface area contributed by atoms with E-state index in [4.69, 9.17) is 5.73 Å². The van der Waals surface area contributed by atoms with Crippen molar-refractivity contribution in [3.8, 4) is 0 Å². The van der Waals surface area contributed by atoms with Gasteiger partial charge in [-0.15, -0.1) is 0 Å². The van der Waals surface area contributed by atoms with Crippen LogP contribution in [0.25, 0.3) is 0 Å². The molecule has 0 aromatic carbocycles.